The van der Waals surface area contributed by atoms with Crippen molar-refractivity contribution in [1.29, 1.82) is 0 Å². The molecule has 3 heteroatoms. The Hall–Kier alpha value is -6.81. The minimum atomic E-state index is 0.115. The summed E-state index contributed by atoms with van der Waals surface area (Å²) in [5, 5.41) is 5.14. The molecule has 0 saturated heterocycles. The number of allylic oxidation sites excluding steroid dienone is 4. The highest BCUT2D eigenvalue weighted by Crippen LogP contribution is 2.43. The van der Waals surface area contributed by atoms with Crippen LogP contribution in [0, 0.1) is 0 Å². The minimum Gasteiger partial charge on any atom is -0.309 e. The summed E-state index contributed by atoms with van der Waals surface area (Å²) in [5.74, 6) is 0. The van der Waals surface area contributed by atoms with Crippen molar-refractivity contribution in [3.8, 4) is 50.5 Å². The SMILES string of the molecule is CC(C)(C)c1ccc2c(c1)sc1c(-c3ccc(-n4c5ccccc5c5cc(-c6ccccc6-c6cc(C7=CC=CCC7)cc(-c7ccccc7)n6)ccc54)cc3)cccc12. The summed E-state index contributed by atoms with van der Waals surface area (Å²) in [7, 11) is 0. The predicted octanol–water partition coefficient (Wildman–Crippen LogP) is 16.2. The van der Waals surface area contributed by atoms with E-state index < -0.39 is 0 Å². The van der Waals surface area contributed by atoms with Crippen molar-refractivity contribution in [2.24, 2.45) is 0 Å². The maximum atomic E-state index is 5.33. The maximum Gasteiger partial charge on any atom is 0.0721 e. The fourth-order valence-corrected chi connectivity index (χ4v) is 10.4. The smallest absolute Gasteiger partial charge is 0.0721 e. The third kappa shape index (κ3) is 6.29. The largest absolute Gasteiger partial charge is 0.309 e. The Morgan fingerprint density at radius 3 is 2.05 bits per heavy atom. The Bertz CT molecular complexity index is 3330. The number of hydrogen-bond acceptors (Lipinski definition) is 2. The van der Waals surface area contributed by atoms with Gasteiger partial charge in [0.1, 0.15) is 0 Å². The van der Waals surface area contributed by atoms with Gasteiger partial charge in [-0.25, -0.2) is 4.98 Å². The van der Waals surface area contributed by atoms with E-state index in [1.807, 2.05) is 11.3 Å². The molecule has 3 aromatic heterocycles. The van der Waals surface area contributed by atoms with Crippen molar-refractivity contribution in [3.05, 3.63) is 199 Å². The first-order valence-corrected chi connectivity index (χ1v) is 21.8. The number of nitrogens with zero attached hydrogens (tertiary/aromatic N) is 2. The molecule has 0 atom stereocenters. The highest BCUT2D eigenvalue weighted by atomic mass is 32.1. The van der Waals surface area contributed by atoms with E-state index in [0.29, 0.717) is 0 Å². The Labute approximate surface area is 355 Å². The predicted molar refractivity (Wildman–Crippen MR) is 258 cm³/mol. The fraction of sp³-hybridized carbons (Fsp3) is 0.105. The minimum absolute atomic E-state index is 0.115. The quantitative estimate of drug-likeness (QED) is 0.164. The van der Waals surface area contributed by atoms with Crippen molar-refractivity contribution in [1.82, 2.24) is 9.55 Å². The Morgan fingerprint density at radius 2 is 1.23 bits per heavy atom. The number of aromatic nitrogens is 2. The summed E-state index contributed by atoms with van der Waals surface area (Å²) in [4.78, 5) is 5.33. The lowest BCUT2D eigenvalue weighted by atomic mass is 9.87. The average molecular weight is 789 g/mol. The number of rotatable bonds is 6. The van der Waals surface area contributed by atoms with Crippen molar-refractivity contribution < 1.29 is 0 Å². The van der Waals surface area contributed by atoms with Gasteiger partial charge in [-0.05, 0) is 106 Å². The molecule has 0 fully saturated rings. The molecule has 0 radical (unpaired) electrons. The van der Waals surface area contributed by atoms with E-state index in [4.69, 9.17) is 4.98 Å². The molecule has 0 spiro atoms. The van der Waals surface area contributed by atoms with Gasteiger partial charge in [0.25, 0.3) is 0 Å². The number of hydrogen-bond donors (Lipinski definition) is 0. The lowest BCUT2D eigenvalue weighted by Gasteiger charge is -2.18. The van der Waals surface area contributed by atoms with Crippen LogP contribution in [-0.4, -0.2) is 9.55 Å². The second-order valence-electron chi connectivity index (χ2n) is 17.1. The molecule has 2 nitrogen and oxygen atoms in total. The highest BCUT2D eigenvalue weighted by molar-refractivity contribution is 7.26. The average Bonchev–Trinajstić information content (AvgIpc) is 3.84. The summed E-state index contributed by atoms with van der Waals surface area (Å²) < 4.78 is 5.12. The van der Waals surface area contributed by atoms with Gasteiger partial charge in [-0.15, -0.1) is 11.3 Å². The first-order valence-electron chi connectivity index (χ1n) is 21.0. The van der Waals surface area contributed by atoms with E-state index in [1.165, 1.54) is 80.9 Å². The summed E-state index contributed by atoms with van der Waals surface area (Å²) >= 11 is 1.91. The van der Waals surface area contributed by atoms with E-state index >= 15 is 0 Å². The molecule has 1 aliphatic rings. The molecular weight excluding hydrogens is 745 g/mol. The molecule has 3 heterocycles. The van der Waals surface area contributed by atoms with Crippen LogP contribution in [0.3, 0.4) is 0 Å². The second kappa shape index (κ2) is 14.5. The zero-order chi connectivity index (χ0) is 40.4. The molecule has 7 aromatic carbocycles. The van der Waals surface area contributed by atoms with Gasteiger partial charge >= 0.3 is 0 Å². The number of fused-ring (bicyclic) bond motifs is 6. The second-order valence-corrected chi connectivity index (χ2v) is 18.1. The van der Waals surface area contributed by atoms with Crippen molar-refractivity contribution in [2.45, 2.75) is 39.0 Å². The van der Waals surface area contributed by atoms with Crippen LogP contribution in [0.4, 0.5) is 0 Å². The summed E-state index contributed by atoms with van der Waals surface area (Å²) in [5.41, 5.74) is 16.7. The molecule has 0 bridgehead atoms. The fourth-order valence-electron chi connectivity index (χ4n) is 9.11. The summed E-state index contributed by atoms with van der Waals surface area (Å²) in [6.07, 6.45) is 8.77. The molecule has 10 aromatic rings. The van der Waals surface area contributed by atoms with E-state index in [1.54, 1.807) is 0 Å². The number of thiophene rings is 1. The zero-order valence-electron chi connectivity index (χ0n) is 34.1. The number of pyridine rings is 1. The molecule has 0 amide bonds. The molecular formula is C57H44N2S. The normalized spacial score (nSPS) is 13.2. The molecule has 0 unspecified atom stereocenters. The van der Waals surface area contributed by atoms with Gasteiger partial charge in [0.05, 0.1) is 22.4 Å². The first-order chi connectivity index (χ1) is 29.4. The topological polar surface area (TPSA) is 17.8 Å². The van der Waals surface area contributed by atoms with Crippen LogP contribution >= 0.6 is 11.3 Å². The van der Waals surface area contributed by atoms with Crippen LogP contribution in [0.1, 0.15) is 44.7 Å². The van der Waals surface area contributed by atoms with Crippen LogP contribution in [0.15, 0.2) is 188 Å². The van der Waals surface area contributed by atoms with Crippen molar-refractivity contribution in [2.75, 3.05) is 0 Å². The lowest BCUT2D eigenvalue weighted by molar-refractivity contribution is 0.591. The summed E-state index contributed by atoms with van der Waals surface area (Å²) in [6, 6.07) is 62.6. The van der Waals surface area contributed by atoms with E-state index in [2.05, 4.69) is 213 Å². The molecule has 11 rings (SSSR count). The Morgan fingerprint density at radius 1 is 0.517 bits per heavy atom. The Balaban J connectivity index is 1.00. The van der Waals surface area contributed by atoms with Crippen LogP contribution in [0.5, 0.6) is 0 Å². The molecule has 0 saturated carbocycles. The van der Waals surface area contributed by atoms with Crippen LogP contribution in [0.2, 0.25) is 0 Å². The molecule has 1 aliphatic carbocycles. The third-order valence-corrected chi connectivity index (χ3v) is 13.5. The van der Waals surface area contributed by atoms with Crippen LogP contribution < -0.4 is 0 Å². The molecule has 288 valence electrons. The third-order valence-electron chi connectivity index (χ3n) is 12.3. The Kier molecular flexibility index (Phi) is 8.76. The molecule has 0 N–H and O–H groups in total. The van der Waals surface area contributed by atoms with Gasteiger partial charge < -0.3 is 4.57 Å². The standard InChI is InChI=1S/C57H44N2S/c1-57(2,3)42-28-31-48-49-23-14-22-45(56(49)60-55(48)36-42)38-25-29-43(30-26-38)59-53-24-13-12-21-47(53)50-33-40(27-32-54(50)59)44-19-10-11-20-46(44)52-35-41(37-15-6-4-7-16-37)34-51(58-52)39-17-8-5-9-18-39/h4-6,8-15,17-36H,7,16H2,1-3H3. The number of para-hydroxylation sites is 1. The van der Waals surface area contributed by atoms with Crippen LogP contribution in [0.25, 0.3) is 98.0 Å². The van der Waals surface area contributed by atoms with Crippen molar-refractivity contribution >= 4 is 58.9 Å². The monoisotopic (exact) mass is 788 g/mol. The molecule has 60 heavy (non-hydrogen) atoms. The summed E-state index contributed by atoms with van der Waals surface area (Å²) in [6.45, 7) is 6.87. The van der Waals surface area contributed by atoms with Gasteiger partial charge in [-0.1, -0.05) is 160 Å². The van der Waals surface area contributed by atoms with Gasteiger partial charge in [0, 0.05) is 47.8 Å². The van der Waals surface area contributed by atoms with E-state index in [0.717, 1.165) is 41.0 Å². The van der Waals surface area contributed by atoms with Gasteiger partial charge in [0.2, 0.25) is 0 Å². The van der Waals surface area contributed by atoms with Gasteiger partial charge in [-0.2, -0.15) is 0 Å². The van der Waals surface area contributed by atoms with E-state index in [-0.39, 0.29) is 5.41 Å². The van der Waals surface area contributed by atoms with Crippen molar-refractivity contribution in [3.63, 3.8) is 0 Å². The van der Waals surface area contributed by atoms with Crippen LogP contribution in [-0.2, 0) is 5.41 Å². The first kappa shape index (κ1) is 36.3. The van der Waals surface area contributed by atoms with E-state index in [9.17, 15) is 0 Å². The maximum absolute atomic E-state index is 5.33. The lowest BCUT2D eigenvalue weighted by Crippen LogP contribution is -2.10. The highest BCUT2D eigenvalue weighted by Gasteiger charge is 2.19. The number of benzene rings is 7. The molecule has 0 aliphatic heterocycles. The zero-order valence-corrected chi connectivity index (χ0v) is 34.9. The van der Waals surface area contributed by atoms with Gasteiger partial charge in [-0.3, -0.25) is 0 Å². The van der Waals surface area contributed by atoms with Gasteiger partial charge in [0.15, 0.2) is 0 Å².